The van der Waals surface area contributed by atoms with Gasteiger partial charge in [-0.3, -0.25) is 28.9 Å². The van der Waals surface area contributed by atoms with Crippen molar-refractivity contribution in [2.24, 2.45) is 5.73 Å². The van der Waals surface area contributed by atoms with Crippen molar-refractivity contribution in [1.29, 1.82) is 0 Å². The van der Waals surface area contributed by atoms with Crippen molar-refractivity contribution in [1.82, 2.24) is 20.9 Å². The summed E-state index contributed by atoms with van der Waals surface area (Å²) < 4.78 is 10.5. The van der Waals surface area contributed by atoms with Gasteiger partial charge in [-0.25, -0.2) is 0 Å². The zero-order valence-corrected chi connectivity index (χ0v) is 20.5. The van der Waals surface area contributed by atoms with Gasteiger partial charge in [0.1, 0.15) is 11.6 Å². The van der Waals surface area contributed by atoms with Crippen LogP contribution < -0.4 is 21.7 Å². The second kappa shape index (κ2) is 12.1. The number of amides is 4. The molecule has 0 radical (unpaired) electrons. The molecule has 2 aliphatic heterocycles. The van der Waals surface area contributed by atoms with Crippen LogP contribution in [-0.4, -0.2) is 98.0 Å². The molecule has 2 aliphatic rings. The third kappa shape index (κ3) is 7.83. The van der Waals surface area contributed by atoms with E-state index in [9.17, 15) is 24.0 Å². The highest BCUT2D eigenvalue weighted by Crippen LogP contribution is 2.29. The first-order valence-electron chi connectivity index (χ1n) is 11.8. The molecule has 0 aromatic heterocycles. The number of carbonyl (C=O) groups is 5. The number of nitrogens with two attached hydrogens (primary N) is 1. The van der Waals surface area contributed by atoms with Crippen molar-refractivity contribution in [3.05, 3.63) is 35.4 Å². The lowest BCUT2D eigenvalue weighted by Crippen LogP contribution is -2.53. The minimum atomic E-state index is -0.965. The SMILES string of the molecule is CC(NC(=O)CN1CCOCC1)C(=O)NCC(=O)NC(Cc1ccc(C(N)=O)cc1)C(=O)[C@@]1(C)CO1. The third-order valence-electron chi connectivity index (χ3n) is 6.09. The Kier molecular flexibility index (Phi) is 9.13. The van der Waals surface area contributed by atoms with Gasteiger partial charge in [0.05, 0.1) is 39.0 Å². The van der Waals surface area contributed by atoms with Crippen LogP contribution in [0.25, 0.3) is 0 Å². The molecule has 0 spiro atoms. The molecule has 0 saturated carbocycles. The third-order valence-corrected chi connectivity index (χ3v) is 6.09. The number of carbonyl (C=O) groups excluding carboxylic acids is 5. The first kappa shape index (κ1) is 27.2. The highest BCUT2D eigenvalue weighted by atomic mass is 16.6. The fraction of sp³-hybridized carbons (Fsp3) is 0.542. The molecule has 2 fully saturated rings. The molecule has 196 valence electrons. The van der Waals surface area contributed by atoms with Gasteiger partial charge in [-0.1, -0.05) is 12.1 Å². The maximum atomic E-state index is 12.9. The minimum absolute atomic E-state index is 0.159. The van der Waals surface area contributed by atoms with Gasteiger partial charge in [-0.05, 0) is 38.0 Å². The van der Waals surface area contributed by atoms with Crippen LogP contribution in [0.2, 0.25) is 0 Å². The van der Waals surface area contributed by atoms with Crippen molar-refractivity contribution >= 4 is 29.4 Å². The summed E-state index contributed by atoms with van der Waals surface area (Å²) in [4.78, 5) is 63.3. The molecular formula is C24H33N5O7. The van der Waals surface area contributed by atoms with Gasteiger partial charge < -0.3 is 31.2 Å². The van der Waals surface area contributed by atoms with Gasteiger partial charge in [-0.15, -0.1) is 0 Å². The average molecular weight is 504 g/mol. The second-order valence-electron chi connectivity index (χ2n) is 9.16. The van der Waals surface area contributed by atoms with E-state index < -0.39 is 35.4 Å². The predicted octanol–water partition coefficient (Wildman–Crippen LogP) is -1.88. The maximum absolute atomic E-state index is 12.9. The lowest BCUT2D eigenvalue weighted by molar-refractivity contribution is -0.132. The van der Waals surface area contributed by atoms with Crippen LogP contribution in [0.15, 0.2) is 24.3 Å². The highest BCUT2D eigenvalue weighted by Gasteiger charge is 2.50. The van der Waals surface area contributed by atoms with Crippen LogP contribution in [0.4, 0.5) is 0 Å². The van der Waals surface area contributed by atoms with Crippen molar-refractivity contribution < 1.29 is 33.4 Å². The molecule has 1 aromatic rings. The molecule has 2 unspecified atom stereocenters. The van der Waals surface area contributed by atoms with E-state index in [1.54, 1.807) is 31.2 Å². The Bertz CT molecular complexity index is 987. The normalized spacial score (nSPS) is 21.1. The van der Waals surface area contributed by atoms with Crippen LogP contribution in [0.5, 0.6) is 0 Å². The number of epoxide rings is 1. The van der Waals surface area contributed by atoms with E-state index in [1.165, 1.54) is 6.92 Å². The van der Waals surface area contributed by atoms with Gasteiger partial charge >= 0.3 is 0 Å². The number of ketones is 1. The fourth-order valence-corrected chi connectivity index (χ4v) is 3.75. The molecule has 0 aliphatic carbocycles. The summed E-state index contributed by atoms with van der Waals surface area (Å²) in [6.45, 7) is 5.64. The molecule has 36 heavy (non-hydrogen) atoms. The van der Waals surface area contributed by atoms with Crippen molar-refractivity contribution in [2.75, 3.05) is 46.0 Å². The molecule has 5 N–H and O–H groups in total. The van der Waals surface area contributed by atoms with E-state index in [2.05, 4.69) is 16.0 Å². The van der Waals surface area contributed by atoms with Crippen molar-refractivity contribution in [3.63, 3.8) is 0 Å². The number of ether oxygens (including phenoxy) is 2. The Morgan fingerprint density at radius 3 is 2.28 bits per heavy atom. The number of Topliss-reactive ketones (excluding diaryl/α,β-unsaturated/α-hetero) is 1. The van der Waals surface area contributed by atoms with Crippen molar-refractivity contribution in [3.8, 4) is 0 Å². The Morgan fingerprint density at radius 1 is 1.06 bits per heavy atom. The number of hydrogen-bond donors (Lipinski definition) is 4. The monoisotopic (exact) mass is 503 g/mol. The van der Waals surface area contributed by atoms with E-state index in [0.29, 0.717) is 37.4 Å². The summed E-state index contributed by atoms with van der Waals surface area (Å²) in [5, 5.41) is 7.75. The first-order valence-corrected chi connectivity index (χ1v) is 11.8. The molecular weight excluding hydrogens is 470 g/mol. The molecule has 12 nitrogen and oxygen atoms in total. The summed E-state index contributed by atoms with van der Waals surface area (Å²) in [6, 6.07) is 4.67. The van der Waals surface area contributed by atoms with Gasteiger partial charge in [-0.2, -0.15) is 0 Å². The molecule has 0 bridgehead atoms. The van der Waals surface area contributed by atoms with E-state index in [1.807, 2.05) is 4.90 Å². The van der Waals surface area contributed by atoms with E-state index in [-0.39, 0.29) is 37.8 Å². The lowest BCUT2D eigenvalue weighted by Gasteiger charge is -2.26. The van der Waals surface area contributed by atoms with Gasteiger partial charge in [0.25, 0.3) is 0 Å². The summed E-state index contributed by atoms with van der Waals surface area (Å²) in [5.41, 5.74) is 5.34. The molecule has 3 atom stereocenters. The number of benzene rings is 1. The zero-order valence-electron chi connectivity index (χ0n) is 20.5. The number of nitrogens with one attached hydrogen (secondary N) is 3. The predicted molar refractivity (Wildman–Crippen MR) is 128 cm³/mol. The number of nitrogens with zero attached hydrogens (tertiary/aromatic N) is 1. The summed E-state index contributed by atoms with van der Waals surface area (Å²) in [7, 11) is 0. The Balaban J connectivity index is 1.49. The quantitative estimate of drug-likeness (QED) is 0.240. The highest BCUT2D eigenvalue weighted by molar-refractivity contribution is 5.98. The number of hydrogen-bond acceptors (Lipinski definition) is 8. The molecule has 3 rings (SSSR count). The van der Waals surface area contributed by atoms with Gasteiger partial charge in [0.2, 0.25) is 23.6 Å². The topological polar surface area (TPSA) is 172 Å². The van der Waals surface area contributed by atoms with E-state index in [4.69, 9.17) is 15.2 Å². The van der Waals surface area contributed by atoms with Crippen molar-refractivity contribution in [2.45, 2.75) is 38.0 Å². The van der Waals surface area contributed by atoms with E-state index >= 15 is 0 Å². The molecule has 4 amide bonds. The van der Waals surface area contributed by atoms with Gasteiger partial charge in [0, 0.05) is 18.7 Å². The standard InChI is InChI=1S/C24H33N5O7/c1-15(27-20(31)13-29-7-9-35-10-8-29)23(34)26-12-19(30)28-18(21(32)24(2)14-36-24)11-16-3-5-17(6-4-16)22(25)33/h3-6,15,18H,7-14H2,1-2H3,(H2,25,33)(H,26,34)(H,27,31)(H,28,30)/t15?,18?,24-/m1/s1. The summed E-state index contributed by atoms with van der Waals surface area (Å²) >= 11 is 0. The Hall–Kier alpha value is -3.35. The zero-order chi connectivity index (χ0) is 26.3. The minimum Gasteiger partial charge on any atom is -0.379 e. The van der Waals surface area contributed by atoms with Crippen LogP contribution in [0.3, 0.4) is 0 Å². The van der Waals surface area contributed by atoms with Crippen LogP contribution in [-0.2, 0) is 35.1 Å². The Labute approximate surface area is 209 Å². The fourth-order valence-electron chi connectivity index (χ4n) is 3.75. The lowest BCUT2D eigenvalue weighted by atomic mass is 9.94. The van der Waals surface area contributed by atoms with Gasteiger partial charge in [0.15, 0.2) is 5.78 Å². The number of morpholine rings is 1. The van der Waals surface area contributed by atoms with Crippen LogP contribution in [0, 0.1) is 0 Å². The molecule has 2 heterocycles. The summed E-state index contributed by atoms with van der Waals surface area (Å²) in [6.07, 6.45) is 0.171. The maximum Gasteiger partial charge on any atom is 0.248 e. The van der Waals surface area contributed by atoms with Crippen LogP contribution >= 0.6 is 0 Å². The van der Waals surface area contributed by atoms with E-state index in [0.717, 1.165) is 0 Å². The second-order valence-corrected chi connectivity index (χ2v) is 9.16. The summed E-state index contributed by atoms with van der Waals surface area (Å²) in [5.74, 6) is -2.24. The smallest absolute Gasteiger partial charge is 0.248 e. The average Bonchev–Trinajstić information content (AvgIpc) is 3.60. The number of rotatable bonds is 12. The first-order chi connectivity index (χ1) is 17.1. The number of primary amides is 1. The van der Waals surface area contributed by atoms with Crippen LogP contribution in [0.1, 0.15) is 29.8 Å². The molecule has 1 aromatic carbocycles. The Morgan fingerprint density at radius 2 is 1.69 bits per heavy atom. The molecule has 12 heteroatoms. The molecule has 2 saturated heterocycles. The largest absolute Gasteiger partial charge is 0.379 e.